The number of hydrogen-bond donors (Lipinski definition) is 4. The SMILES string of the molecule is NC(=O)C1(NC(=O)C2(NC(=O)Cc3ccc(F)cc3)CCNCC2)CCC1. The van der Waals surface area contributed by atoms with Gasteiger partial charge in [-0.1, -0.05) is 12.1 Å². The molecule has 27 heavy (non-hydrogen) atoms. The highest BCUT2D eigenvalue weighted by Crippen LogP contribution is 2.33. The molecular formula is C19H25FN4O3. The Balaban J connectivity index is 1.72. The summed E-state index contributed by atoms with van der Waals surface area (Å²) in [5.74, 6) is -1.59. The van der Waals surface area contributed by atoms with Crippen LogP contribution in [0.5, 0.6) is 0 Å². The van der Waals surface area contributed by atoms with Crippen LogP contribution < -0.4 is 21.7 Å². The number of benzene rings is 1. The minimum Gasteiger partial charge on any atom is -0.368 e. The molecule has 0 bridgehead atoms. The van der Waals surface area contributed by atoms with E-state index in [-0.39, 0.29) is 24.1 Å². The van der Waals surface area contributed by atoms with Crippen LogP contribution >= 0.6 is 0 Å². The molecule has 1 aliphatic carbocycles. The number of primary amides is 1. The Labute approximate surface area is 157 Å². The van der Waals surface area contributed by atoms with Gasteiger partial charge >= 0.3 is 0 Å². The van der Waals surface area contributed by atoms with Crippen molar-refractivity contribution in [2.45, 2.75) is 49.6 Å². The van der Waals surface area contributed by atoms with Crippen LogP contribution in [0.4, 0.5) is 4.39 Å². The monoisotopic (exact) mass is 376 g/mol. The summed E-state index contributed by atoms with van der Waals surface area (Å²) in [5.41, 5.74) is 4.06. The maximum Gasteiger partial charge on any atom is 0.246 e. The van der Waals surface area contributed by atoms with Crippen molar-refractivity contribution in [3.8, 4) is 0 Å². The molecular weight excluding hydrogens is 351 g/mol. The topological polar surface area (TPSA) is 113 Å². The van der Waals surface area contributed by atoms with Crippen LogP contribution in [-0.2, 0) is 20.8 Å². The Morgan fingerprint density at radius 1 is 1.00 bits per heavy atom. The molecule has 3 rings (SSSR count). The highest BCUT2D eigenvalue weighted by molar-refractivity contribution is 5.97. The van der Waals surface area contributed by atoms with Crippen LogP contribution in [0.1, 0.15) is 37.7 Å². The Hall–Kier alpha value is -2.48. The molecule has 1 saturated heterocycles. The fraction of sp³-hybridized carbons (Fsp3) is 0.526. The average molecular weight is 376 g/mol. The number of hydrogen-bond acceptors (Lipinski definition) is 4. The molecule has 1 aromatic rings. The lowest BCUT2D eigenvalue weighted by Crippen LogP contribution is -2.70. The molecule has 3 amide bonds. The molecule has 0 radical (unpaired) electrons. The molecule has 0 atom stereocenters. The van der Waals surface area contributed by atoms with Gasteiger partial charge in [-0.25, -0.2) is 4.39 Å². The Bertz CT molecular complexity index is 725. The van der Waals surface area contributed by atoms with Crippen molar-refractivity contribution in [2.75, 3.05) is 13.1 Å². The van der Waals surface area contributed by atoms with Crippen LogP contribution in [0.2, 0.25) is 0 Å². The molecule has 1 aromatic carbocycles. The van der Waals surface area contributed by atoms with Crippen molar-refractivity contribution in [1.82, 2.24) is 16.0 Å². The van der Waals surface area contributed by atoms with E-state index in [1.807, 2.05) is 0 Å². The summed E-state index contributed by atoms with van der Waals surface area (Å²) in [6.45, 7) is 1.15. The molecule has 1 aliphatic heterocycles. The Kier molecular flexibility index (Phi) is 5.46. The van der Waals surface area contributed by atoms with E-state index in [2.05, 4.69) is 16.0 Å². The number of amides is 3. The van der Waals surface area contributed by atoms with E-state index in [0.717, 1.165) is 6.42 Å². The number of nitrogens with two attached hydrogens (primary N) is 1. The third-order valence-electron chi connectivity index (χ3n) is 5.58. The summed E-state index contributed by atoms with van der Waals surface area (Å²) in [7, 11) is 0. The second kappa shape index (κ2) is 7.64. The number of nitrogens with one attached hydrogen (secondary N) is 3. The van der Waals surface area contributed by atoms with Gasteiger partial charge in [0.2, 0.25) is 17.7 Å². The molecule has 146 valence electrons. The van der Waals surface area contributed by atoms with Crippen LogP contribution in [0.25, 0.3) is 0 Å². The van der Waals surface area contributed by atoms with Gasteiger partial charge in [0.1, 0.15) is 16.9 Å². The molecule has 8 heteroatoms. The molecule has 2 aliphatic rings. The number of rotatable bonds is 6. The highest BCUT2D eigenvalue weighted by atomic mass is 19.1. The molecule has 0 aromatic heterocycles. The van der Waals surface area contributed by atoms with E-state index in [0.29, 0.717) is 44.3 Å². The smallest absolute Gasteiger partial charge is 0.246 e. The van der Waals surface area contributed by atoms with E-state index >= 15 is 0 Å². The summed E-state index contributed by atoms with van der Waals surface area (Å²) in [6.07, 6.45) is 2.75. The maximum absolute atomic E-state index is 13.1. The van der Waals surface area contributed by atoms with Crippen molar-refractivity contribution in [3.05, 3.63) is 35.6 Å². The first-order valence-electron chi connectivity index (χ1n) is 9.24. The van der Waals surface area contributed by atoms with E-state index in [1.54, 1.807) is 12.1 Å². The summed E-state index contributed by atoms with van der Waals surface area (Å²) < 4.78 is 13.0. The molecule has 7 nitrogen and oxygen atoms in total. The minimum atomic E-state index is -1.08. The normalized spacial score (nSPS) is 20.2. The maximum atomic E-state index is 13.1. The number of halogens is 1. The molecule has 1 saturated carbocycles. The van der Waals surface area contributed by atoms with E-state index in [1.165, 1.54) is 12.1 Å². The summed E-state index contributed by atoms with van der Waals surface area (Å²) in [5, 5.41) is 8.85. The van der Waals surface area contributed by atoms with Gasteiger partial charge in [-0.05, 0) is 62.9 Å². The largest absolute Gasteiger partial charge is 0.368 e. The van der Waals surface area contributed by atoms with Gasteiger partial charge in [0.05, 0.1) is 6.42 Å². The molecule has 1 heterocycles. The summed E-state index contributed by atoms with van der Waals surface area (Å²) in [6, 6.07) is 5.67. The van der Waals surface area contributed by atoms with Gasteiger partial charge in [0.15, 0.2) is 0 Å². The second-order valence-electron chi connectivity index (χ2n) is 7.44. The average Bonchev–Trinajstić information content (AvgIpc) is 2.60. The van der Waals surface area contributed by atoms with E-state index < -0.39 is 17.0 Å². The molecule has 0 unspecified atom stereocenters. The Morgan fingerprint density at radius 3 is 2.15 bits per heavy atom. The predicted molar refractivity (Wildman–Crippen MR) is 97.0 cm³/mol. The van der Waals surface area contributed by atoms with Crippen molar-refractivity contribution >= 4 is 17.7 Å². The second-order valence-corrected chi connectivity index (χ2v) is 7.44. The van der Waals surface area contributed by atoms with Crippen LogP contribution in [0, 0.1) is 5.82 Å². The minimum absolute atomic E-state index is 0.0453. The third-order valence-corrected chi connectivity index (χ3v) is 5.58. The van der Waals surface area contributed by atoms with E-state index in [9.17, 15) is 18.8 Å². The highest BCUT2D eigenvalue weighted by Gasteiger charge is 2.49. The molecule has 5 N–H and O–H groups in total. The zero-order chi connectivity index (χ0) is 19.5. The van der Waals surface area contributed by atoms with Gasteiger partial charge in [-0.15, -0.1) is 0 Å². The first kappa shape index (κ1) is 19.3. The lowest BCUT2D eigenvalue weighted by Gasteiger charge is -2.44. The van der Waals surface area contributed by atoms with Gasteiger partial charge in [-0.3, -0.25) is 14.4 Å². The van der Waals surface area contributed by atoms with Gasteiger partial charge in [-0.2, -0.15) is 0 Å². The molecule has 2 fully saturated rings. The quantitative estimate of drug-likeness (QED) is 0.565. The van der Waals surface area contributed by atoms with Gasteiger partial charge in [0.25, 0.3) is 0 Å². The van der Waals surface area contributed by atoms with Crippen molar-refractivity contribution < 1.29 is 18.8 Å². The fourth-order valence-electron chi connectivity index (χ4n) is 3.66. The lowest BCUT2D eigenvalue weighted by molar-refractivity contribution is -0.141. The zero-order valence-electron chi connectivity index (χ0n) is 15.1. The van der Waals surface area contributed by atoms with Crippen LogP contribution in [0.15, 0.2) is 24.3 Å². The standard InChI is InChI=1S/C19H25FN4O3/c20-14-4-2-13(3-5-14)12-15(25)23-19(8-10-22-11-9-19)17(27)24-18(16(21)26)6-1-7-18/h2-5,22H,1,6-12H2,(H2,21,26)(H,23,25)(H,24,27). The fourth-order valence-corrected chi connectivity index (χ4v) is 3.66. The third kappa shape index (κ3) is 4.10. The first-order chi connectivity index (χ1) is 12.9. The van der Waals surface area contributed by atoms with Gasteiger partial charge in [0, 0.05) is 0 Å². The Morgan fingerprint density at radius 2 is 1.63 bits per heavy atom. The zero-order valence-corrected chi connectivity index (χ0v) is 15.1. The van der Waals surface area contributed by atoms with E-state index in [4.69, 9.17) is 5.73 Å². The summed E-state index contributed by atoms with van der Waals surface area (Å²) >= 11 is 0. The van der Waals surface area contributed by atoms with Gasteiger partial charge < -0.3 is 21.7 Å². The van der Waals surface area contributed by atoms with Crippen LogP contribution in [-0.4, -0.2) is 41.9 Å². The van der Waals surface area contributed by atoms with Crippen molar-refractivity contribution in [3.63, 3.8) is 0 Å². The predicted octanol–water partition coefficient (Wildman–Crippen LogP) is 0.131. The number of piperidine rings is 1. The number of carbonyl (C=O) groups is 3. The van der Waals surface area contributed by atoms with Crippen LogP contribution in [0.3, 0.4) is 0 Å². The lowest BCUT2D eigenvalue weighted by atomic mass is 9.75. The summed E-state index contributed by atoms with van der Waals surface area (Å²) in [4.78, 5) is 37.4. The van der Waals surface area contributed by atoms with Crippen molar-refractivity contribution in [2.24, 2.45) is 5.73 Å². The molecule has 0 spiro atoms. The van der Waals surface area contributed by atoms with Crippen molar-refractivity contribution in [1.29, 1.82) is 0 Å². The first-order valence-corrected chi connectivity index (χ1v) is 9.24. The number of carbonyl (C=O) groups excluding carboxylic acids is 3.